The Kier molecular flexibility index (Phi) is 6.29. The Morgan fingerprint density at radius 2 is 1.79 bits per heavy atom. The number of aliphatic hydroxyl groups excluding tert-OH is 1. The molecule has 0 spiro atoms. The molecule has 174 valence electrons. The molecule has 0 aliphatic heterocycles. The summed E-state index contributed by atoms with van der Waals surface area (Å²) in [6.45, 7) is 1.42. The third-order valence-corrected chi connectivity index (χ3v) is 5.81. The molecule has 33 heavy (non-hydrogen) atoms. The van der Waals surface area contributed by atoms with Crippen molar-refractivity contribution in [2.24, 2.45) is 0 Å². The Hall–Kier alpha value is -3.14. The normalized spacial score (nSPS) is 13.3. The summed E-state index contributed by atoms with van der Waals surface area (Å²) in [7, 11) is 3.63. The predicted octanol–water partition coefficient (Wildman–Crippen LogP) is 3.46. The third-order valence-electron chi connectivity index (χ3n) is 5.81. The third kappa shape index (κ3) is 4.52. The van der Waals surface area contributed by atoms with Gasteiger partial charge in [0.25, 0.3) is 5.56 Å². The molecule has 0 saturated carbocycles. The minimum absolute atomic E-state index is 0.101. The molecule has 9 heteroatoms. The molecule has 0 aliphatic rings. The standard InChI is InChI=1S/C24H25F3N4O2/c1-28-11-13-29(2)22(32)17-7-10-19-21(14-17)31(23(33)20-4-3-12-30(19)20)15-16-5-8-18(9-6-16)24(25,26)27/h3-10,12,14,22,28,32H,11,13,15H2,1-2H3. The molecule has 0 fully saturated rings. The van der Waals surface area contributed by atoms with Gasteiger partial charge >= 0.3 is 6.18 Å². The van der Waals surface area contributed by atoms with Crippen molar-refractivity contribution in [2.45, 2.75) is 18.9 Å². The summed E-state index contributed by atoms with van der Waals surface area (Å²) >= 11 is 0. The van der Waals surface area contributed by atoms with Crippen LogP contribution in [0.2, 0.25) is 0 Å². The van der Waals surface area contributed by atoms with E-state index in [0.717, 1.165) is 17.6 Å². The molecule has 0 aliphatic carbocycles. The number of benzene rings is 2. The molecule has 2 aromatic heterocycles. The molecule has 0 saturated heterocycles. The molecule has 2 heterocycles. The van der Waals surface area contributed by atoms with E-state index in [1.807, 2.05) is 19.2 Å². The number of nitrogens with zero attached hydrogens (tertiary/aromatic N) is 3. The van der Waals surface area contributed by atoms with Crippen molar-refractivity contribution in [2.75, 3.05) is 27.2 Å². The van der Waals surface area contributed by atoms with Crippen LogP contribution in [0.3, 0.4) is 0 Å². The van der Waals surface area contributed by atoms with E-state index in [1.165, 1.54) is 16.7 Å². The van der Waals surface area contributed by atoms with E-state index in [0.29, 0.717) is 35.2 Å². The van der Waals surface area contributed by atoms with E-state index in [4.69, 9.17) is 0 Å². The number of aliphatic hydroxyl groups is 1. The average molecular weight is 458 g/mol. The molecule has 0 amide bonds. The first-order valence-corrected chi connectivity index (χ1v) is 10.5. The monoisotopic (exact) mass is 458 g/mol. The van der Waals surface area contributed by atoms with Gasteiger partial charge in [0.2, 0.25) is 0 Å². The zero-order valence-corrected chi connectivity index (χ0v) is 18.3. The van der Waals surface area contributed by atoms with Crippen LogP contribution in [-0.2, 0) is 12.7 Å². The summed E-state index contributed by atoms with van der Waals surface area (Å²) in [5.74, 6) is 0. The van der Waals surface area contributed by atoms with E-state index >= 15 is 0 Å². The fourth-order valence-electron chi connectivity index (χ4n) is 3.94. The van der Waals surface area contributed by atoms with Gasteiger partial charge in [-0.1, -0.05) is 18.2 Å². The molecule has 1 atom stereocenters. The molecule has 4 rings (SSSR count). The molecule has 6 nitrogen and oxygen atoms in total. The van der Waals surface area contributed by atoms with Crippen molar-refractivity contribution in [1.82, 2.24) is 19.2 Å². The highest BCUT2D eigenvalue weighted by atomic mass is 19.4. The number of alkyl halides is 3. The zero-order valence-electron chi connectivity index (χ0n) is 18.3. The van der Waals surface area contributed by atoms with Gasteiger partial charge in [-0.05, 0) is 61.6 Å². The number of aromatic nitrogens is 2. The van der Waals surface area contributed by atoms with Gasteiger partial charge in [0.1, 0.15) is 11.7 Å². The first kappa shape index (κ1) is 23.0. The van der Waals surface area contributed by atoms with Gasteiger partial charge in [-0.25, -0.2) is 0 Å². The highest BCUT2D eigenvalue weighted by Gasteiger charge is 2.30. The summed E-state index contributed by atoms with van der Waals surface area (Å²) in [4.78, 5) is 15.1. The number of hydrogen-bond acceptors (Lipinski definition) is 4. The van der Waals surface area contributed by atoms with Crippen molar-refractivity contribution in [3.8, 4) is 0 Å². The van der Waals surface area contributed by atoms with Crippen LogP contribution in [0.15, 0.2) is 65.6 Å². The highest BCUT2D eigenvalue weighted by molar-refractivity contribution is 5.80. The lowest BCUT2D eigenvalue weighted by Gasteiger charge is -2.24. The van der Waals surface area contributed by atoms with E-state index in [1.54, 1.807) is 40.7 Å². The van der Waals surface area contributed by atoms with Crippen molar-refractivity contribution in [3.05, 3.63) is 87.8 Å². The maximum atomic E-state index is 13.3. The number of nitrogens with one attached hydrogen (secondary N) is 1. The lowest BCUT2D eigenvalue weighted by atomic mass is 10.1. The van der Waals surface area contributed by atoms with Crippen molar-refractivity contribution in [3.63, 3.8) is 0 Å². The van der Waals surface area contributed by atoms with Crippen LogP contribution in [0.5, 0.6) is 0 Å². The average Bonchev–Trinajstić information content (AvgIpc) is 3.29. The Morgan fingerprint density at radius 1 is 1.06 bits per heavy atom. The first-order chi connectivity index (χ1) is 15.7. The zero-order chi connectivity index (χ0) is 23.8. The second-order valence-corrected chi connectivity index (χ2v) is 8.06. The number of hydrogen-bond donors (Lipinski definition) is 2. The van der Waals surface area contributed by atoms with E-state index in [9.17, 15) is 23.1 Å². The van der Waals surface area contributed by atoms with Gasteiger partial charge in [-0.2, -0.15) is 13.2 Å². The van der Waals surface area contributed by atoms with Crippen LogP contribution < -0.4 is 10.9 Å². The lowest BCUT2D eigenvalue weighted by Crippen LogP contribution is -2.31. The van der Waals surface area contributed by atoms with Gasteiger partial charge in [0.15, 0.2) is 0 Å². The molecule has 4 aromatic rings. The summed E-state index contributed by atoms with van der Waals surface area (Å²) in [6.07, 6.45) is -3.51. The molecule has 2 N–H and O–H groups in total. The van der Waals surface area contributed by atoms with E-state index in [2.05, 4.69) is 5.32 Å². The number of likely N-dealkylation sites (N-methyl/N-ethyl adjacent to an activating group) is 2. The van der Waals surface area contributed by atoms with Crippen molar-refractivity contribution in [1.29, 1.82) is 0 Å². The Morgan fingerprint density at radius 3 is 2.45 bits per heavy atom. The highest BCUT2D eigenvalue weighted by Crippen LogP contribution is 2.29. The van der Waals surface area contributed by atoms with E-state index in [-0.39, 0.29) is 12.1 Å². The number of fused-ring (bicyclic) bond motifs is 3. The molecule has 0 bridgehead atoms. The Bertz CT molecular complexity index is 1330. The Balaban J connectivity index is 1.81. The first-order valence-electron chi connectivity index (χ1n) is 10.5. The molecular weight excluding hydrogens is 433 g/mol. The molecule has 1 unspecified atom stereocenters. The van der Waals surface area contributed by atoms with Crippen LogP contribution in [0, 0.1) is 0 Å². The van der Waals surface area contributed by atoms with Crippen molar-refractivity contribution >= 4 is 16.6 Å². The topological polar surface area (TPSA) is 61.9 Å². The fraction of sp³-hybridized carbons (Fsp3) is 0.292. The van der Waals surface area contributed by atoms with Crippen molar-refractivity contribution < 1.29 is 18.3 Å². The summed E-state index contributed by atoms with van der Waals surface area (Å²) < 4.78 is 42.1. The summed E-state index contributed by atoms with van der Waals surface area (Å²) in [5, 5.41) is 13.8. The van der Waals surface area contributed by atoms with Crippen LogP contribution >= 0.6 is 0 Å². The molecule has 2 aromatic carbocycles. The second-order valence-electron chi connectivity index (χ2n) is 8.06. The minimum Gasteiger partial charge on any atom is -0.374 e. The number of halogens is 3. The van der Waals surface area contributed by atoms with Crippen LogP contribution in [0.1, 0.15) is 22.9 Å². The number of rotatable bonds is 7. The van der Waals surface area contributed by atoms with E-state index < -0.39 is 18.0 Å². The summed E-state index contributed by atoms with van der Waals surface area (Å²) in [5.41, 5.74) is 2.00. The molecular formula is C24H25F3N4O2. The quantitative estimate of drug-likeness (QED) is 0.417. The minimum atomic E-state index is -4.42. The predicted molar refractivity (Wildman–Crippen MR) is 121 cm³/mol. The van der Waals surface area contributed by atoms with Gasteiger partial charge in [-0.15, -0.1) is 0 Å². The van der Waals surface area contributed by atoms with Gasteiger partial charge in [0.05, 0.1) is 23.1 Å². The van der Waals surface area contributed by atoms with Gasteiger partial charge in [0, 0.05) is 19.3 Å². The smallest absolute Gasteiger partial charge is 0.374 e. The fourth-order valence-corrected chi connectivity index (χ4v) is 3.94. The Labute approximate surface area is 188 Å². The summed E-state index contributed by atoms with van der Waals surface area (Å²) in [6, 6.07) is 13.7. The van der Waals surface area contributed by atoms with Crippen LogP contribution in [0.25, 0.3) is 16.6 Å². The second kappa shape index (κ2) is 9.01. The SMILES string of the molecule is CNCCN(C)C(O)c1ccc2c(c1)n(Cc1ccc(C(F)(F)F)cc1)c(=O)c1cccn12. The van der Waals surface area contributed by atoms with Gasteiger partial charge in [-0.3, -0.25) is 9.69 Å². The largest absolute Gasteiger partial charge is 0.416 e. The lowest BCUT2D eigenvalue weighted by molar-refractivity contribution is -0.137. The molecule has 0 radical (unpaired) electrons. The maximum absolute atomic E-state index is 13.3. The maximum Gasteiger partial charge on any atom is 0.416 e. The van der Waals surface area contributed by atoms with Crippen LogP contribution in [-0.4, -0.2) is 46.2 Å². The van der Waals surface area contributed by atoms with Crippen LogP contribution in [0.4, 0.5) is 13.2 Å². The van der Waals surface area contributed by atoms with Gasteiger partial charge < -0.3 is 19.4 Å².